The maximum absolute atomic E-state index is 13.7. The zero-order chi connectivity index (χ0) is 15.2. The highest BCUT2D eigenvalue weighted by molar-refractivity contribution is 5.81. The predicted molar refractivity (Wildman–Crippen MR) is 75.8 cm³/mol. The third-order valence-corrected chi connectivity index (χ3v) is 2.89. The first-order chi connectivity index (χ1) is 10.1. The van der Waals surface area contributed by atoms with Crippen molar-refractivity contribution in [1.82, 2.24) is 0 Å². The number of esters is 1. The highest BCUT2D eigenvalue weighted by Crippen LogP contribution is 2.23. The van der Waals surface area contributed by atoms with Crippen molar-refractivity contribution in [3.8, 4) is 0 Å². The summed E-state index contributed by atoms with van der Waals surface area (Å²) < 4.78 is 31.6. The SMILES string of the molecule is CCOC(=O)C(Nc1ccc(F)cc1F)c1ccccc1. The van der Waals surface area contributed by atoms with E-state index in [1.165, 1.54) is 6.07 Å². The number of hydrogen-bond donors (Lipinski definition) is 1. The standard InChI is InChI=1S/C16H15F2NO2/c1-2-21-16(20)15(11-6-4-3-5-7-11)19-14-9-8-12(17)10-13(14)18/h3-10,15,19H,2H2,1H3. The summed E-state index contributed by atoms with van der Waals surface area (Å²) in [5, 5.41) is 2.76. The minimum atomic E-state index is -0.855. The van der Waals surface area contributed by atoms with E-state index in [0.29, 0.717) is 5.56 Å². The van der Waals surface area contributed by atoms with Gasteiger partial charge < -0.3 is 10.1 Å². The molecule has 0 heterocycles. The second kappa shape index (κ2) is 6.83. The lowest BCUT2D eigenvalue weighted by Gasteiger charge is -2.19. The summed E-state index contributed by atoms with van der Waals surface area (Å²) in [5.74, 6) is -1.96. The van der Waals surface area contributed by atoms with E-state index >= 15 is 0 Å². The van der Waals surface area contributed by atoms with E-state index in [9.17, 15) is 13.6 Å². The molecule has 0 aromatic heterocycles. The highest BCUT2D eigenvalue weighted by atomic mass is 19.1. The van der Waals surface area contributed by atoms with E-state index in [1.807, 2.05) is 6.07 Å². The Morgan fingerprint density at radius 1 is 1.19 bits per heavy atom. The molecule has 0 fully saturated rings. The van der Waals surface area contributed by atoms with Crippen molar-refractivity contribution >= 4 is 11.7 Å². The fraction of sp³-hybridized carbons (Fsp3) is 0.188. The molecular formula is C16H15F2NO2. The Bertz CT molecular complexity index is 617. The molecule has 0 saturated carbocycles. The van der Waals surface area contributed by atoms with Crippen LogP contribution in [0.25, 0.3) is 0 Å². The van der Waals surface area contributed by atoms with Crippen LogP contribution in [0.5, 0.6) is 0 Å². The number of nitrogens with one attached hydrogen (secondary N) is 1. The van der Waals surface area contributed by atoms with Crippen LogP contribution in [0.15, 0.2) is 48.5 Å². The van der Waals surface area contributed by atoms with Crippen LogP contribution in [-0.4, -0.2) is 12.6 Å². The second-order valence-electron chi connectivity index (χ2n) is 4.36. The second-order valence-corrected chi connectivity index (χ2v) is 4.36. The summed E-state index contributed by atoms with van der Waals surface area (Å²) in [6, 6.07) is 11.1. The molecule has 1 N–H and O–H groups in total. The summed E-state index contributed by atoms with van der Waals surface area (Å²) in [7, 11) is 0. The molecule has 1 atom stereocenters. The van der Waals surface area contributed by atoms with Crippen molar-refractivity contribution in [2.75, 3.05) is 11.9 Å². The van der Waals surface area contributed by atoms with Gasteiger partial charge in [-0.25, -0.2) is 13.6 Å². The zero-order valence-electron chi connectivity index (χ0n) is 11.5. The molecule has 3 nitrogen and oxygen atoms in total. The fourth-order valence-corrected chi connectivity index (χ4v) is 1.91. The molecule has 21 heavy (non-hydrogen) atoms. The summed E-state index contributed by atoms with van der Waals surface area (Å²) in [6.45, 7) is 1.91. The van der Waals surface area contributed by atoms with Gasteiger partial charge in [0.25, 0.3) is 0 Å². The number of rotatable bonds is 5. The van der Waals surface area contributed by atoms with E-state index < -0.39 is 23.6 Å². The maximum Gasteiger partial charge on any atom is 0.333 e. The van der Waals surface area contributed by atoms with Crippen LogP contribution in [0.4, 0.5) is 14.5 Å². The molecule has 2 rings (SSSR count). The molecule has 1 unspecified atom stereocenters. The van der Waals surface area contributed by atoms with Gasteiger partial charge in [-0.2, -0.15) is 0 Å². The van der Waals surface area contributed by atoms with Gasteiger partial charge in [0.15, 0.2) is 6.04 Å². The average Bonchev–Trinajstić information content (AvgIpc) is 2.47. The number of benzene rings is 2. The first-order valence-corrected chi connectivity index (χ1v) is 6.55. The first-order valence-electron chi connectivity index (χ1n) is 6.55. The van der Waals surface area contributed by atoms with E-state index in [4.69, 9.17) is 4.74 Å². The van der Waals surface area contributed by atoms with Gasteiger partial charge in [0.05, 0.1) is 12.3 Å². The Balaban J connectivity index is 2.30. The average molecular weight is 291 g/mol. The third kappa shape index (κ3) is 3.78. The van der Waals surface area contributed by atoms with Gasteiger partial charge in [-0.1, -0.05) is 30.3 Å². The predicted octanol–water partition coefficient (Wildman–Crippen LogP) is 3.68. The van der Waals surface area contributed by atoms with E-state index in [2.05, 4.69) is 5.32 Å². The Hall–Kier alpha value is -2.43. The molecule has 0 aliphatic rings. The molecule has 0 amide bonds. The van der Waals surface area contributed by atoms with E-state index in [-0.39, 0.29) is 12.3 Å². The van der Waals surface area contributed by atoms with Crippen molar-refractivity contribution in [2.24, 2.45) is 0 Å². The summed E-state index contributed by atoms with van der Waals surface area (Å²) in [6.07, 6.45) is 0. The van der Waals surface area contributed by atoms with Gasteiger partial charge in [0.1, 0.15) is 11.6 Å². The Morgan fingerprint density at radius 2 is 1.90 bits per heavy atom. The van der Waals surface area contributed by atoms with Gasteiger partial charge >= 0.3 is 5.97 Å². The number of hydrogen-bond acceptors (Lipinski definition) is 3. The van der Waals surface area contributed by atoms with Crippen molar-refractivity contribution in [3.63, 3.8) is 0 Å². The smallest absolute Gasteiger partial charge is 0.333 e. The molecule has 110 valence electrons. The van der Waals surface area contributed by atoms with Crippen LogP contribution >= 0.6 is 0 Å². The number of anilines is 1. The van der Waals surface area contributed by atoms with Crippen molar-refractivity contribution in [1.29, 1.82) is 0 Å². The van der Waals surface area contributed by atoms with Crippen LogP contribution in [-0.2, 0) is 9.53 Å². The monoisotopic (exact) mass is 291 g/mol. The minimum absolute atomic E-state index is 0.0401. The number of ether oxygens (including phenoxy) is 1. The molecule has 0 saturated heterocycles. The molecule has 2 aromatic carbocycles. The number of carbonyl (C=O) groups excluding carboxylic acids is 1. The summed E-state index contributed by atoms with van der Waals surface area (Å²) in [4.78, 5) is 12.0. The molecule has 5 heteroatoms. The van der Waals surface area contributed by atoms with E-state index in [0.717, 1.165) is 12.1 Å². The normalized spacial score (nSPS) is 11.8. The third-order valence-electron chi connectivity index (χ3n) is 2.89. The lowest BCUT2D eigenvalue weighted by Crippen LogP contribution is -2.23. The molecule has 0 bridgehead atoms. The topological polar surface area (TPSA) is 38.3 Å². The lowest BCUT2D eigenvalue weighted by molar-refractivity contribution is -0.144. The van der Waals surface area contributed by atoms with Gasteiger partial charge in [-0.15, -0.1) is 0 Å². The van der Waals surface area contributed by atoms with Crippen LogP contribution in [0.2, 0.25) is 0 Å². The molecule has 0 radical (unpaired) electrons. The largest absolute Gasteiger partial charge is 0.464 e. The lowest BCUT2D eigenvalue weighted by atomic mass is 10.1. The number of carbonyl (C=O) groups is 1. The van der Waals surface area contributed by atoms with Gasteiger partial charge in [0, 0.05) is 6.07 Å². The van der Waals surface area contributed by atoms with Gasteiger partial charge in [0.2, 0.25) is 0 Å². The maximum atomic E-state index is 13.7. The zero-order valence-corrected chi connectivity index (χ0v) is 11.5. The van der Waals surface area contributed by atoms with Crippen molar-refractivity contribution in [3.05, 3.63) is 65.7 Å². The van der Waals surface area contributed by atoms with Gasteiger partial charge in [-0.3, -0.25) is 0 Å². The molecular weight excluding hydrogens is 276 g/mol. The Labute approximate surface area is 121 Å². The highest BCUT2D eigenvalue weighted by Gasteiger charge is 2.22. The van der Waals surface area contributed by atoms with Crippen LogP contribution in [0.1, 0.15) is 18.5 Å². The first kappa shape index (κ1) is 15.0. The summed E-state index contributed by atoms with van der Waals surface area (Å²) >= 11 is 0. The van der Waals surface area contributed by atoms with Crippen molar-refractivity contribution in [2.45, 2.75) is 13.0 Å². The van der Waals surface area contributed by atoms with Crippen LogP contribution in [0, 0.1) is 11.6 Å². The molecule has 0 aliphatic heterocycles. The van der Waals surface area contributed by atoms with Gasteiger partial charge in [-0.05, 0) is 24.6 Å². The summed E-state index contributed by atoms with van der Waals surface area (Å²) in [5.41, 5.74) is 0.679. The van der Waals surface area contributed by atoms with Crippen LogP contribution in [0.3, 0.4) is 0 Å². The Morgan fingerprint density at radius 3 is 2.52 bits per heavy atom. The molecule has 0 aliphatic carbocycles. The molecule has 0 spiro atoms. The minimum Gasteiger partial charge on any atom is -0.464 e. The fourth-order valence-electron chi connectivity index (χ4n) is 1.91. The van der Waals surface area contributed by atoms with Crippen LogP contribution < -0.4 is 5.32 Å². The quantitative estimate of drug-likeness (QED) is 0.854. The van der Waals surface area contributed by atoms with Crippen molar-refractivity contribution < 1.29 is 18.3 Å². The Kier molecular flexibility index (Phi) is 4.87. The number of halogens is 2. The molecule has 2 aromatic rings. The van der Waals surface area contributed by atoms with E-state index in [1.54, 1.807) is 31.2 Å².